The van der Waals surface area contributed by atoms with Gasteiger partial charge in [0.1, 0.15) is 29.3 Å². The highest BCUT2D eigenvalue weighted by Gasteiger charge is 2.48. The first kappa shape index (κ1) is 24.5. The van der Waals surface area contributed by atoms with Crippen molar-refractivity contribution in [2.24, 2.45) is 5.41 Å². The van der Waals surface area contributed by atoms with E-state index in [0.717, 1.165) is 11.1 Å². The number of carbonyl (C=O) groups is 2. The first-order valence-electron chi connectivity index (χ1n) is 11.3. The molecule has 3 aromatic rings. The van der Waals surface area contributed by atoms with Crippen LogP contribution in [0.3, 0.4) is 0 Å². The minimum Gasteiger partial charge on any atom is -0.492 e. The highest BCUT2D eigenvalue weighted by Crippen LogP contribution is 2.34. The van der Waals surface area contributed by atoms with Crippen LogP contribution >= 0.6 is 11.6 Å². The van der Waals surface area contributed by atoms with Crippen molar-refractivity contribution in [1.29, 1.82) is 0 Å². The van der Waals surface area contributed by atoms with Crippen molar-refractivity contribution in [3.8, 4) is 22.6 Å². The molecule has 1 unspecified atom stereocenters. The lowest BCUT2D eigenvalue weighted by atomic mass is 9.88. The van der Waals surface area contributed by atoms with E-state index >= 15 is 0 Å². The fourth-order valence-corrected chi connectivity index (χ4v) is 4.06. The van der Waals surface area contributed by atoms with E-state index in [9.17, 15) is 14.0 Å². The molecular weight excluding hydrogens is 473 g/mol. The minimum atomic E-state index is -1.01. The number of ether oxygens (including phenoxy) is 3. The molecule has 0 radical (unpaired) electrons. The van der Waals surface area contributed by atoms with Gasteiger partial charge in [0.15, 0.2) is 0 Å². The van der Waals surface area contributed by atoms with E-state index in [1.807, 2.05) is 12.1 Å². The summed E-state index contributed by atoms with van der Waals surface area (Å²) < 4.78 is 29.9. The van der Waals surface area contributed by atoms with Crippen LogP contribution < -0.4 is 9.47 Å². The van der Waals surface area contributed by atoms with Crippen LogP contribution in [0.5, 0.6) is 11.5 Å². The number of benzene rings is 3. The summed E-state index contributed by atoms with van der Waals surface area (Å²) in [5.41, 5.74) is 0.783. The molecule has 35 heavy (non-hydrogen) atoms. The fraction of sp³-hybridized carbons (Fsp3) is 0.259. The maximum atomic E-state index is 13.2. The third-order valence-corrected chi connectivity index (χ3v) is 6.14. The number of nitrogens with zero attached hydrogens (tertiary/aromatic N) is 1. The molecule has 182 valence electrons. The van der Waals surface area contributed by atoms with Crippen molar-refractivity contribution in [3.05, 3.63) is 83.6 Å². The summed E-state index contributed by atoms with van der Waals surface area (Å²) in [6, 6.07) is 20.0. The number of halogens is 2. The average Bonchev–Trinajstić information content (AvgIpc) is 3.31. The summed E-state index contributed by atoms with van der Waals surface area (Å²) in [6.45, 7) is 2.46. The van der Waals surface area contributed by atoms with E-state index in [1.165, 1.54) is 17.0 Å². The second-order valence-corrected chi connectivity index (χ2v) is 8.75. The number of rotatable bonds is 7. The van der Waals surface area contributed by atoms with Crippen LogP contribution in [0.15, 0.2) is 72.8 Å². The Morgan fingerprint density at radius 1 is 0.943 bits per heavy atom. The van der Waals surface area contributed by atoms with E-state index in [4.69, 9.17) is 25.8 Å². The molecule has 1 atom stereocenters. The van der Waals surface area contributed by atoms with E-state index < -0.39 is 17.5 Å². The summed E-state index contributed by atoms with van der Waals surface area (Å²) in [5.74, 6) is 0.234. The van der Waals surface area contributed by atoms with Crippen LogP contribution in [0.1, 0.15) is 13.3 Å². The highest BCUT2D eigenvalue weighted by molar-refractivity contribution is 6.30. The first-order valence-corrected chi connectivity index (χ1v) is 11.6. The van der Waals surface area contributed by atoms with Gasteiger partial charge in [0.25, 0.3) is 0 Å². The molecule has 0 N–H and O–H groups in total. The van der Waals surface area contributed by atoms with E-state index in [0.29, 0.717) is 29.5 Å². The zero-order chi connectivity index (χ0) is 24.8. The van der Waals surface area contributed by atoms with E-state index in [2.05, 4.69) is 0 Å². The van der Waals surface area contributed by atoms with Crippen molar-refractivity contribution in [2.75, 3.05) is 26.3 Å². The van der Waals surface area contributed by atoms with Gasteiger partial charge in [-0.05, 0) is 73.0 Å². The Morgan fingerprint density at radius 2 is 1.54 bits per heavy atom. The molecule has 1 amide bonds. The van der Waals surface area contributed by atoms with Crippen LogP contribution in [0.25, 0.3) is 11.1 Å². The summed E-state index contributed by atoms with van der Waals surface area (Å²) >= 11 is 5.88. The Balaban J connectivity index is 1.42. The van der Waals surface area contributed by atoms with E-state index in [-0.39, 0.29) is 25.6 Å². The summed E-state index contributed by atoms with van der Waals surface area (Å²) in [4.78, 5) is 27.1. The van der Waals surface area contributed by atoms with Crippen LogP contribution in [-0.2, 0) is 9.53 Å². The number of amides is 1. The van der Waals surface area contributed by atoms with Crippen molar-refractivity contribution in [2.45, 2.75) is 13.3 Å². The standard InChI is InChI=1S/C27H25ClFNO5/c1-2-33-25(31)27(15-16-30(17-27)26(32)35-24-13-7-21(28)8-14-24)18-34-23-11-5-20(6-12-23)19-3-9-22(29)10-4-19/h3-14H,2,15-18H2,1H3. The molecule has 4 rings (SSSR count). The van der Waals surface area contributed by atoms with Gasteiger partial charge in [-0.25, -0.2) is 9.18 Å². The lowest BCUT2D eigenvalue weighted by Gasteiger charge is -2.27. The molecule has 0 saturated carbocycles. The molecule has 6 nitrogen and oxygen atoms in total. The predicted octanol–water partition coefficient (Wildman–Crippen LogP) is 5.98. The molecule has 8 heteroatoms. The van der Waals surface area contributed by atoms with Gasteiger partial charge >= 0.3 is 12.1 Å². The molecule has 1 aliphatic rings. The number of carbonyl (C=O) groups excluding carboxylic acids is 2. The maximum absolute atomic E-state index is 13.2. The number of esters is 1. The van der Waals surface area contributed by atoms with Crippen molar-refractivity contribution < 1.29 is 28.2 Å². The SMILES string of the molecule is CCOC(=O)C1(COc2ccc(-c3ccc(F)cc3)cc2)CCN(C(=O)Oc2ccc(Cl)cc2)C1. The van der Waals surface area contributed by atoms with Gasteiger partial charge in [-0.15, -0.1) is 0 Å². The lowest BCUT2D eigenvalue weighted by molar-refractivity contribution is -0.156. The number of likely N-dealkylation sites (tertiary alicyclic amines) is 1. The van der Waals surface area contributed by atoms with Crippen molar-refractivity contribution >= 4 is 23.7 Å². The van der Waals surface area contributed by atoms with Gasteiger partial charge in [0.2, 0.25) is 0 Å². The zero-order valence-electron chi connectivity index (χ0n) is 19.2. The Bertz CT molecular complexity index is 1170. The van der Waals surface area contributed by atoms with Gasteiger partial charge in [-0.3, -0.25) is 4.79 Å². The van der Waals surface area contributed by atoms with Crippen molar-refractivity contribution in [1.82, 2.24) is 4.90 Å². The number of hydrogen-bond acceptors (Lipinski definition) is 5. The van der Waals surface area contributed by atoms with E-state index in [1.54, 1.807) is 55.5 Å². The molecule has 0 spiro atoms. The molecule has 0 aromatic heterocycles. The number of hydrogen-bond donors (Lipinski definition) is 0. The third kappa shape index (κ3) is 5.92. The quantitative estimate of drug-likeness (QED) is 0.376. The van der Waals surface area contributed by atoms with Crippen molar-refractivity contribution in [3.63, 3.8) is 0 Å². The minimum absolute atomic E-state index is 0.0481. The molecule has 0 bridgehead atoms. The molecule has 1 aliphatic heterocycles. The predicted molar refractivity (Wildman–Crippen MR) is 130 cm³/mol. The Kier molecular flexibility index (Phi) is 7.56. The zero-order valence-corrected chi connectivity index (χ0v) is 20.0. The fourth-order valence-electron chi connectivity index (χ4n) is 3.93. The molecule has 1 fully saturated rings. The molecular formula is C27H25ClFNO5. The van der Waals surface area contributed by atoms with Gasteiger partial charge in [-0.2, -0.15) is 0 Å². The Morgan fingerprint density at radius 3 is 2.17 bits per heavy atom. The topological polar surface area (TPSA) is 65.1 Å². The van der Waals surface area contributed by atoms with Gasteiger partial charge in [0, 0.05) is 18.1 Å². The smallest absolute Gasteiger partial charge is 0.415 e. The summed E-state index contributed by atoms with van der Waals surface area (Å²) in [7, 11) is 0. The summed E-state index contributed by atoms with van der Waals surface area (Å²) in [5, 5.41) is 0.537. The Labute approximate surface area is 208 Å². The largest absolute Gasteiger partial charge is 0.492 e. The molecule has 0 aliphatic carbocycles. The molecule has 3 aromatic carbocycles. The second kappa shape index (κ2) is 10.8. The summed E-state index contributed by atoms with van der Waals surface area (Å²) in [6.07, 6.45) is -0.169. The monoisotopic (exact) mass is 497 g/mol. The van der Waals surface area contributed by atoms with Crippen LogP contribution in [0.2, 0.25) is 5.02 Å². The average molecular weight is 498 g/mol. The molecule has 1 saturated heterocycles. The van der Waals surface area contributed by atoms with Crippen LogP contribution in [-0.4, -0.2) is 43.3 Å². The van der Waals surface area contributed by atoms with Gasteiger partial charge < -0.3 is 19.1 Å². The lowest BCUT2D eigenvalue weighted by Crippen LogP contribution is -2.43. The maximum Gasteiger partial charge on any atom is 0.415 e. The van der Waals surface area contributed by atoms with Crippen LogP contribution in [0, 0.1) is 11.2 Å². The normalized spacial score (nSPS) is 17.2. The molecule has 1 heterocycles. The second-order valence-electron chi connectivity index (χ2n) is 8.31. The van der Waals surface area contributed by atoms with Crippen LogP contribution in [0.4, 0.5) is 9.18 Å². The first-order chi connectivity index (χ1) is 16.9. The van der Waals surface area contributed by atoms with Gasteiger partial charge in [0.05, 0.1) is 6.61 Å². The van der Waals surface area contributed by atoms with Gasteiger partial charge in [-0.1, -0.05) is 35.9 Å². The Hall–Kier alpha value is -3.58. The highest BCUT2D eigenvalue weighted by atomic mass is 35.5. The third-order valence-electron chi connectivity index (χ3n) is 5.89.